The third-order valence-corrected chi connectivity index (χ3v) is 5.72. The average molecular weight is 454 g/mol. The summed E-state index contributed by atoms with van der Waals surface area (Å²) >= 11 is 11.9. The van der Waals surface area contributed by atoms with Crippen LogP contribution in [0.2, 0.25) is 10.0 Å². The van der Waals surface area contributed by atoms with Crippen LogP contribution in [0.5, 0.6) is 5.75 Å². The minimum absolute atomic E-state index is 0.0242. The van der Waals surface area contributed by atoms with Crippen LogP contribution in [-0.2, 0) is 16.7 Å². The number of aldehydes is 1. The molecule has 0 radical (unpaired) electrons. The number of hydrogen-bond donors (Lipinski definition) is 0. The fourth-order valence-electron chi connectivity index (χ4n) is 2.77. The van der Waals surface area contributed by atoms with Gasteiger partial charge in [0.15, 0.2) is 17.1 Å². The van der Waals surface area contributed by atoms with Gasteiger partial charge in [-0.3, -0.25) is 9.78 Å². The number of rotatable bonds is 7. The average Bonchev–Trinajstić information content (AvgIpc) is 3.01. The zero-order valence-corrected chi connectivity index (χ0v) is 17.9. The van der Waals surface area contributed by atoms with E-state index in [1.165, 1.54) is 22.8 Å². The number of benzene rings is 1. The maximum atomic E-state index is 13.2. The molecule has 0 amide bonds. The van der Waals surface area contributed by atoms with E-state index in [4.69, 9.17) is 27.4 Å². The molecular weight excluding hydrogens is 437 g/mol. The first-order chi connectivity index (χ1) is 13.7. The van der Waals surface area contributed by atoms with Crippen LogP contribution in [0.25, 0.3) is 0 Å². The molecule has 152 valence electrons. The molecule has 0 fully saturated rings. The van der Waals surface area contributed by atoms with Crippen LogP contribution in [0.4, 0.5) is 0 Å². The first kappa shape index (κ1) is 21.3. The molecule has 3 aromatic rings. The Morgan fingerprint density at radius 3 is 2.45 bits per heavy atom. The predicted molar refractivity (Wildman–Crippen MR) is 109 cm³/mol. The summed E-state index contributed by atoms with van der Waals surface area (Å²) in [5.74, 6) is -0.344. The molecule has 0 saturated heterocycles. The number of carbonyl (C=O) groups is 1. The van der Waals surface area contributed by atoms with Crippen molar-refractivity contribution in [2.75, 3.05) is 0 Å². The van der Waals surface area contributed by atoms with Crippen LogP contribution in [0, 0.1) is 0 Å². The molecule has 0 spiro atoms. The van der Waals surface area contributed by atoms with Gasteiger partial charge in [-0.2, -0.15) is 8.42 Å². The maximum Gasteiger partial charge on any atom is 0.357 e. The summed E-state index contributed by atoms with van der Waals surface area (Å²) in [6, 6.07) is 7.61. The highest BCUT2D eigenvalue weighted by Crippen LogP contribution is 2.30. The van der Waals surface area contributed by atoms with Crippen LogP contribution >= 0.6 is 23.2 Å². The Morgan fingerprint density at radius 2 is 1.90 bits per heavy atom. The van der Waals surface area contributed by atoms with E-state index in [0.717, 1.165) is 0 Å². The lowest BCUT2D eigenvalue weighted by atomic mass is 10.1. The Morgan fingerprint density at radius 1 is 1.21 bits per heavy atom. The van der Waals surface area contributed by atoms with Gasteiger partial charge in [0.1, 0.15) is 5.75 Å². The summed E-state index contributed by atoms with van der Waals surface area (Å²) in [7, 11) is -4.36. The van der Waals surface area contributed by atoms with Crippen LogP contribution in [0.3, 0.4) is 0 Å². The van der Waals surface area contributed by atoms with E-state index < -0.39 is 10.1 Å². The van der Waals surface area contributed by atoms with Gasteiger partial charge in [0.05, 0.1) is 12.2 Å². The van der Waals surface area contributed by atoms with Crippen molar-refractivity contribution in [3.8, 4) is 5.75 Å². The molecule has 0 bridgehead atoms. The molecule has 10 heteroatoms. The normalized spacial score (nSPS) is 11.6. The smallest absolute Gasteiger partial charge is 0.357 e. The van der Waals surface area contributed by atoms with Crippen LogP contribution < -0.4 is 4.18 Å². The number of pyridine rings is 1. The molecule has 3 rings (SSSR count). The molecule has 0 N–H and O–H groups in total. The molecule has 0 aliphatic carbocycles. The van der Waals surface area contributed by atoms with Crippen molar-refractivity contribution < 1.29 is 17.4 Å². The fraction of sp³-hybridized carbons (Fsp3) is 0.211. The van der Waals surface area contributed by atoms with Crippen molar-refractivity contribution in [3.05, 3.63) is 69.9 Å². The number of imidazole rings is 1. The van der Waals surface area contributed by atoms with Crippen molar-refractivity contribution in [1.29, 1.82) is 0 Å². The Balaban J connectivity index is 2.14. The molecule has 2 aromatic heterocycles. The number of halogens is 2. The largest absolute Gasteiger partial charge is 0.378 e. The van der Waals surface area contributed by atoms with Crippen LogP contribution in [0.1, 0.15) is 41.6 Å². The number of carbonyl (C=O) groups excluding carboxylic acids is 1. The van der Waals surface area contributed by atoms with Gasteiger partial charge in [-0.05, 0) is 23.6 Å². The monoisotopic (exact) mass is 453 g/mol. The van der Waals surface area contributed by atoms with E-state index >= 15 is 0 Å². The first-order valence-electron chi connectivity index (χ1n) is 8.56. The summed E-state index contributed by atoms with van der Waals surface area (Å²) in [4.78, 5) is 19.9. The van der Waals surface area contributed by atoms with Gasteiger partial charge in [-0.25, -0.2) is 4.98 Å². The second-order valence-corrected chi connectivity index (χ2v) is 8.86. The highest BCUT2D eigenvalue weighted by atomic mass is 35.5. The van der Waals surface area contributed by atoms with Gasteiger partial charge in [-0.15, -0.1) is 0 Å². The highest BCUT2D eigenvalue weighted by Gasteiger charge is 2.31. The lowest BCUT2D eigenvalue weighted by Crippen LogP contribution is -2.19. The molecule has 0 aliphatic rings. The Labute approximate surface area is 178 Å². The Hall–Kier alpha value is -2.42. The lowest BCUT2D eigenvalue weighted by Gasteiger charge is -2.14. The predicted octanol–water partition coefficient (Wildman–Crippen LogP) is 4.34. The zero-order valence-electron chi connectivity index (χ0n) is 15.5. The van der Waals surface area contributed by atoms with Gasteiger partial charge in [0.2, 0.25) is 0 Å². The van der Waals surface area contributed by atoms with E-state index in [0.29, 0.717) is 11.8 Å². The second kappa shape index (κ2) is 8.52. The topological polar surface area (TPSA) is 91.1 Å². The SMILES string of the molecule is CC(C)c1nc(C=O)n(Cc2cccnc2)c1S(=O)(=O)Oc1cc(Cl)cc(Cl)c1. The Bertz CT molecular complexity index is 1130. The van der Waals surface area contributed by atoms with E-state index in [9.17, 15) is 13.2 Å². The first-order valence-corrected chi connectivity index (χ1v) is 10.7. The minimum atomic E-state index is -4.36. The molecule has 2 heterocycles. The van der Waals surface area contributed by atoms with E-state index in [1.807, 2.05) is 0 Å². The maximum absolute atomic E-state index is 13.2. The molecule has 0 unspecified atom stereocenters. The fourth-order valence-corrected chi connectivity index (χ4v) is 4.67. The van der Waals surface area contributed by atoms with E-state index in [1.54, 1.807) is 38.4 Å². The van der Waals surface area contributed by atoms with Crippen molar-refractivity contribution in [3.63, 3.8) is 0 Å². The third kappa shape index (κ3) is 4.77. The highest BCUT2D eigenvalue weighted by molar-refractivity contribution is 7.87. The summed E-state index contributed by atoms with van der Waals surface area (Å²) in [5.41, 5.74) is 0.926. The summed E-state index contributed by atoms with van der Waals surface area (Å²) < 4.78 is 33.0. The van der Waals surface area contributed by atoms with Gasteiger partial charge < -0.3 is 8.75 Å². The van der Waals surface area contributed by atoms with Crippen molar-refractivity contribution in [1.82, 2.24) is 14.5 Å². The summed E-state index contributed by atoms with van der Waals surface area (Å²) in [6.45, 7) is 3.64. The van der Waals surface area contributed by atoms with Crippen LogP contribution in [-0.4, -0.2) is 29.2 Å². The number of hydrogen-bond acceptors (Lipinski definition) is 6. The van der Waals surface area contributed by atoms with Crippen molar-refractivity contribution in [2.45, 2.75) is 31.3 Å². The van der Waals surface area contributed by atoms with Gasteiger partial charge in [0.25, 0.3) is 0 Å². The van der Waals surface area contributed by atoms with Gasteiger partial charge in [0, 0.05) is 34.6 Å². The quantitative estimate of drug-likeness (QED) is 0.390. The van der Waals surface area contributed by atoms with Crippen molar-refractivity contribution >= 4 is 39.6 Å². The molecule has 0 aliphatic heterocycles. The number of nitrogens with zero attached hydrogens (tertiary/aromatic N) is 3. The lowest BCUT2D eigenvalue weighted by molar-refractivity contribution is 0.111. The molecular formula is C19H17Cl2N3O4S. The van der Waals surface area contributed by atoms with Crippen molar-refractivity contribution in [2.24, 2.45) is 0 Å². The standard InChI is InChI=1S/C19H17Cl2N3O4S/c1-12(2)18-19(29(26,27)28-16-7-14(20)6-15(21)8-16)24(17(11-25)23-18)10-13-4-3-5-22-9-13/h3-9,11-12H,10H2,1-2H3. The molecule has 29 heavy (non-hydrogen) atoms. The molecule has 7 nitrogen and oxygen atoms in total. The van der Waals surface area contributed by atoms with Crippen LogP contribution in [0.15, 0.2) is 47.8 Å². The Kier molecular flexibility index (Phi) is 6.26. The second-order valence-electron chi connectivity index (χ2n) is 6.52. The van der Waals surface area contributed by atoms with E-state index in [2.05, 4.69) is 9.97 Å². The molecule has 0 saturated carbocycles. The molecule has 1 aromatic carbocycles. The van der Waals surface area contributed by atoms with Gasteiger partial charge in [-0.1, -0.05) is 43.1 Å². The summed E-state index contributed by atoms with van der Waals surface area (Å²) in [6.07, 6.45) is 3.69. The number of aromatic nitrogens is 3. The third-order valence-electron chi connectivity index (χ3n) is 3.97. The van der Waals surface area contributed by atoms with E-state index in [-0.39, 0.29) is 44.8 Å². The molecule has 0 atom stereocenters. The van der Waals surface area contributed by atoms with Gasteiger partial charge >= 0.3 is 10.1 Å². The summed E-state index contributed by atoms with van der Waals surface area (Å²) in [5, 5.41) is 0.253. The zero-order chi connectivity index (χ0) is 21.2. The minimum Gasteiger partial charge on any atom is -0.378 e.